The molecule has 17 heavy (non-hydrogen) atoms. The smallest absolute Gasteiger partial charge is 0.0236 e. The van der Waals surface area contributed by atoms with E-state index in [1.807, 2.05) is 0 Å². The van der Waals surface area contributed by atoms with Crippen LogP contribution in [0.25, 0.3) is 0 Å². The highest BCUT2D eigenvalue weighted by Crippen LogP contribution is 2.21. The summed E-state index contributed by atoms with van der Waals surface area (Å²) in [6.07, 6.45) is 6.63. The molecule has 1 heterocycles. The van der Waals surface area contributed by atoms with Crippen LogP contribution in [0.3, 0.4) is 0 Å². The Balaban J connectivity index is 1.98. The Labute approximate surface area is 106 Å². The Bertz CT molecular complexity index is 328. The molecule has 0 amide bonds. The monoisotopic (exact) mass is 231 g/mol. The molecule has 1 unspecified atom stereocenters. The summed E-state index contributed by atoms with van der Waals surface area (Å²) in [6.45, 7) is 6.96. The van der Waals surface area contributed by atoms with E-state index in [4.69, 9.17) is 0 Å². The third-order valence-corrected chi connectivity index (χ3v) is 4.04. The van der Waals surface area contributed by atoms with Crippen molar-refractivity contribution in [1.29, 1.82) is 0 Å². The molecule has 0 aliphatic carbocycles. The Morgan fingerprint density at radius 1 is 1.06 bits per heavy atom. The third kappa shape index (κ3) is 3.32. The molecule has 0 bridgehead atoms. The van der Waals surface area contributed by atoms with Gasteiger partial charge in [0.1, 0.15) is 0 Å². The maximum absolute atomic E-state index is 2.67. The first kappa shape index (κ1) is 12.6. The van der Waals surface area contributed by atoms with Gasteiger partial charge in [0.15, 0.2) is 0 Å². The Hall–Kier alpha value is -0.820. The number of nitrogens with zero attached hydrogens (tertiary/aromatic N) is 1. The Morgan fingerprint density at radius 2 is 1.76 bits per heavy atom. The number of benzene rings is 1. The van der Waals surface area contributed by atoms with Gasteiger partial charge in [0.2, 0.25) is 0 Å². The maximum atomic E-state index is 2.67. The molecular formula is C16H25N. The van der Waals surface area contributed by atoms with Gasteiger partial charge < -0.3 is 0 Å². The number of likely N-dealkylation sites (tertiary alicyclic amines) is 1. The topological polar surface area (TPSA) is 3.24 Å². The predicted molar refractivity (Wildman–Crippen MR) is 74.2 cm³/mol. The highest BCUT2D eigenvalue weighted by molar-refractivity contribution is 5.22. The molecule has 0 saturated carbocycles. The lowest BCUT2D eigenvalue weighted by atomic mass is 9.99. The number of aryl methyl sites for hydroxylation is 1. The van der Waals surface area contributed by atoms with Crippen molar-refractivity contribution < 1.29 is 0 Å². The molecular weight excluding hydrogens is 206 g/mol. The van der Waals surface area contributed by atoms with Gasteiger partial charge in [-0.2, -0.15) is 0 Å². The van der Waals surface area contributed by atoms with E-state index in [2.05, 4.69) is 43.0 Å². The van der Waals surface area contributed by atoms with Crippen LogP contribution in [-0.4, -0.2) is 17.5 Å². The zero-order valence-electron chi connectivity index (χ0n) is 11.3. The molecule has 0 radical (unpaired) electrons. The summed E-state index contributed by atoms with van der Waals surface area (Å²) < 4.78 is 0. The van der Waals surface area contributed by atoms with E-state index in [0.29, 0.717) is 0 Å². The first-order valence-electron chi connectivity index (χ1n) is 7.15. The zero-order chi connectivity index (χ0) is 12.1. The first-order chi connectivity index (χ1) is 8.33. The lowest BCUT2D eigenvalue weighted by molar-refractivity contribution is 0.136. The molecule has 1 aliphatic rings. The second-order valence-electron chi connectivity index (χ2n) is 5.20. The molecule has 1 aromatic carbocycles. The maximum Gasteiger partial charge on any atom is 0.0236 e. The third-order valence-electron chi connectivity index (χ3n) is 4.04. The van der Waals surface area contributed by atoms with E-state index in [1.54, 1.807) is 0 Å². The minimum atomic E-state index is 0.814. The van der Waals surface area contributed by atoms with Crippen molar-refractivity contribution in [2.75, 3.05) is 6.54 Å². The van der Waals surface area contributed by atoms with Crippen LogP contribution in [-0.2, 0) is 13.0 Å². The van der Waals surface area contributed by atoms with Gasteiger partial charge in [-0.05, 0) is 43.4 Å². The minimum Gasteiger partial charge on any atom is -0.296 e. The van der Waals surface area contributed by atoms with Crippen LogP contribution in [0.2, 0.25) is 0 Å². The Morgan fingerprint density at radius 3 is 2.41 bits per heavy atom. The average molecular weight is 231 g/mol. The largest absolute Gasteiger partial charge is 0.296 e. The second kappa shape index (κ2) is 6.20. The van der Waals surface area contributed by atoms with Gasteiger partial charge in [0.05, 0.1) is 0 Å². The van der Waals surface area contributed by atoms with E-state index in [9.17, 15) is 0 Å². The van der Waals surface area contributed by atoms with Crippen molar-refractivity contribution in [3.63, 3.8) is 0 Å². The molecule has 0 N–H and O–H groups in total. The normalized spacial score (nSPS) is 21.6. The molecule has 1 atom stereocenters. The molecule has 0 spiro atoms. The molecule has 1 heteroatoms. The van der Waals surface area contributed by atoms with Gasteiger partial charge in [-0.15, -0.1) is 0 Å². The summed E-state index contributed by atoms with van der Waals surface area (Å²) in [5, 5.41) is 0. The van der Waals surface area contributed by atoms with Gasteiger partial charge in [-0.3, -0.25) is 4.90 Å². The molecule has 94 valence electrons. The number of hydrogen-bond acceptors (Lipinski definition) is 1. The summed E-state index contributed by atoms with van der Waals surface area (Å²) >= 11 is 0. The van der Waals surface area contributed by atoms with Gasteiger partial charge >= 0.3 is 0 Å². The van der Waals surface area contributed by atoms with Crippen LogP contribution < -0.4 is 0 Å². The van der Waals surface area contributed by atoms with E-state index in [-0.39, 0.29) is 0 Å². The second-order valence-corrected chi connectivity index (χ2v) is 5.20. The van der Waals surface area contributed by atoms with Crippen molar-refractivity contribution in [2.45, 2.75) is 58.5 Å². The first-order valence-corrected chi connectivity index (χ1v) is 7.15. The predicted octanol–water partition coefficient (Wildman–Crippen LogP) is 4.01. The van der Waals surface area contributed by atoms with Crippen LogP contribution in [0.5, 0.6) is 0 Å². The van der Waals surface area contributed by atoms with E-state index in [1.165, 1.54) is 43.4 Å². The van der Waals surface area contributed by atoms with Crippen molar-refractivity contribution >= 4 is 0 Å². The fourth-order valence-electron chi connectivity index (χ4n) is 2.85. The molecule has 1 fully saturated rings. The number of piperidine rings is 1. The summed E-state index contributed by atoms with van der Waals surface area (Å²) in [5.41, 5.74) is 2.92. The van der Waals surface area contributed by atoms with Crippen LogP contribution >= 0.6 is 0 Å². The molecule has 1 aliphatic heterocycles. The number of rotatable bonds is 4. The Kier molecular flexibility index (Phi) is 4.61. The fraction of sp³-hybridized carbons (Fsp3) is 0.625. The SMILES string of the molecule is CCc1ccc(CN2CCCCC2CC)cc1. The van der Waals surface area contributed by atoms with Crippen LogP contribution in [0.4, 0.5) is 0 Å². The van der Waals surface area contributed by atoms with E-state index >= 15 is 0 Å². The molecule has 1 saturated heterocycles. The van der Waals surface area contributed by atoms with Gasteiger partial charge in [0, 0.05) is 12.6 Å². The number of hydrogen-bond donors (Lipinski definition) is 0. The summed E-state index contributed by atoms with van der Waals surface area (Å²) in [6, 6.07) is 9.98. The summed E-state index contributed by atoms with van der Waals surface area (Å²) in [5.74, 6) is 0. The lowest BCUT2D eigenvalue weighted by Gasteiger charge is -2.35. The van der Waals surface area contributed by atoms with Crippen molar-refractivity contribution in [2.24, 2.45) is 0 Å². The summed E-state index contributed by atoms with van der Waals surface area (Å²) in [4.78, 5) is 2.67. The van der Waals surface area contributed by atoms with E-state index in [0.717, 1.165) is 19.0 Å². The molecule has 1 aromatic rings. The van der Waals surface area contributed by atoms with Crippen LogP contribution in [0.15, 0.2) is 24.3 Å². The van der Waals surface area contributed by atoms with Crippen molar-refractivity contribution in [3.05, 3.63) is 35.4 Å². The fourth-order valence-corrected chi connectivity index (χ4v) is 2.85. The minimum absolute atomic E-state index is 0.814. The van der Waals surface area contributed by atoms with Gasteiger partial charge in [-0.1, -0.05) is 44.5 Å². The van der Waals surface area contributed by atoms with Crippen molar-refractivity contribution in [1.82, 2.24) is 4.90 Å². The molecule has 0 aromatic heterocycles. The van der Waals surface area contributed by atoms with Gasteiger partial charge in [-0.25, -0.2) is 0 Å². The molecule has 2 rings (SSSR count). The standard InChI is InChI=1S/C16H25N/c1-3-14-8-10-15(11-9-14)13-17-12-6-5-7-16(17)4-2/h8-11,16H,3-7,12-13H2,1-2H3. The zero-order valence-corrected chi connectivity index (χ0v) is 11.3. The summed E-state index contributed by atoms with van der Waals surface area (Å²) in [7, 11) is 0. The highest BCUT2D eigenvalue weighted by Gasteiger charge is 2.20. The van der Waals surface area contributed by atoms with Crippen LogP contribution in [0.1, 0.15) is 50.7 Å². The quantitative estimate of drug-likeness (QED) is 0.756. The average Bonchev–Trinajstić information content (AvgIpc) is 2.40. The molecule has 1 nitrogen and oxygen atoms in total. The van der Waals surface area contributed by atoms with Crippen LogP contribution in [0, 0.1) is 0 Å². The highest BCUT2D eigenvalue weighted by atomic mass is 15.2. The lowest BCUT2D eigenvalue weighted by Crippen LogP contribution is -2.38. The van der Waals surface area contributed by atoms with E-state index < -0.39 is 0 Å². The van der Waals surface area contributed by atoms with Gasteiger partial charge in [0.25, 0.3) is 0 Å². The van der Waals surface area contributed by atoms with Crippen molar-refractivity contribution in [3.8, 4) is 0 Å².